The molecule has 0 fully saturated rings. The number of para-hydroxylation sites is 1. The highest BCUT2D eigenvalue weighted by Crippen LogP contribution is 2.18. The summed E-state index contributed by atoms with van der Waals surface area (Å²) in [7, 11) is 1.50. The van der Waals surface area contributed by atoms with Crippen molar-refractivity contribution < 1.29 is 14.6 Å². The van der Waals surface area contributed by atoms with Crippen molar-refractivity contribution in [1.29, 1.82) is 0 Å². The summed E-state index contributed by atoms with van der Waals surface area (Å²) in [6.45, 7) is 0. The second-order valence-electron chi connectivity index (χ2n) is 3.27. The number of ether oxygens (including phenoxy) is 1. The quantitative estimate of drug-likeness (QED) is 0.839. The van der Waals surface area contributed by atoms with Gasteiger partial charge in [-0.1, -0.05) is 12.1 Å². The van der Waals surface area contributed by atoms with Gasteiger partial charge in [0.15, 0.2) is 0 Å². The van der Waals surface area contributed by atoms with Gasteiger partial charge in [-0.3, -0.25) is 4.79 Å². The Morgan fingerprint density at radius 1 is 1.50 bits per heavy atom. The normalized spacial score (nSPS) is 10.3. The molecule has 0 aliphatic carbocycles. The van der Waals surface area contributed by atoms with Crippen LogP contribution in [0, 0.1) is 0 Å². The van der Waals surface area contributed by atoms with Gasteiger partial charge in [-0.15, -0.1) is 0 Å². The molecule has 1 N–H and O–H groups in total. The largest absolute Gasteiger partial charge is 0.481 e. The maximum absolute atomic E-state index is 10.7. The maximum Gasteiger partial charge on any atom is 0.307 e. The fourth-order valence-corrected chi connectivity index (χ4v) is 1.48. The molecule has 1 aromatic heterocycles. The van der Waals surface area contributed by atoms with Gasteiger partial charge in [0.1, 0.15) is 0 Å². The van der Waals surface area contributed by atoms with Crippen LogP contribution in [0.25, 0.3) is 11.0 Å². The Morgan fingerprint density at radius 3 is 3.00 bits per heavy atom. The predicted molar refractivity (Wildman–Crippen MR) is 57.4 cm³/mol. The van der Waals surface area contributed by atoms with E-state index in [1.807, 2.05) is 0 Å². The lowest BCUT2D eigenvalue weighted by Crippen LogP contribution is -2.02. The van der Waals surface area contributed by atoms with Crippen LogP contribution >= 0.6 is 0 Å². The molecule has 5 nitrogen and oxygen atoms in total. The van der Waals surface area contributed by atoms with Crippen molar-refractivity contribution >= 4 is 17.0 Å². The summed E-state index contributed by atoms with van der Waals surface area (Å²) >= 11 is 0. The third kappa shape index (κ3) is 1.93. The Bertz CT molecular complexity index is 540. The van der Waals surface area contributed by atoms with Crippen LogP contribution < -0.4 is 4.74 Å². The summed E-state index contributed by atoms with van der Waals surface area (Å²) in [4.78, 5) is 19.0. The van der Waals surface area contributed by atoms with E-state index in [-0.39, 0.29) is 6.42 Å². The van der Waals surface area contributed by atoms with Crippen LogP contribution in [0.2, 0.25) is 0 Å². The molecule has 5 heteroatoms. The number of hydrogen-bond acceptors (Lipinski definition) is 4. The molecule has 0 radical (unpaired) electrons. The Hall–Kier alpha value is -2.17. The van der Waals surface area contributed by atoms with Crippen LogP contribution in [0.4, 0.5) is 0 Å². The lowest BCUT2D eigenvalue weighted by atomic mass is 10.1. The van der Waals surface area contributed by atoms with E-state index in [9.17, 15) is 4.79 Å². The highest BCUT2D eigenvalue weighted by Gasteiger charge is 2.08. The number of methoxy groups -OCH3 is 1. The van der Waals surface area contributed by atoms with Crippen molar-refractivity contribution in [2.75, 3.05) is 7.11 Å². The number of fused-ring (bicyclic) bond motifs is 1. The zero-order chi connectivity index (χ0) is 11.5. The molecule has 1 aromatic carbocycles. The molecule has 1 heterocycles. The van der Waals surface area contributed by atoms with Crippen LogP contribution in [-0.2, 0) is 11.2 Å². The van der Waals surface area contributed by atoms with Crippen LogP contribution in [0.1, 0.15) is 5.56 Å². The van der Waals surface area contributed by atoms with Crippen LogP contribution in [0.3, 0.4) is 0 Å². The molecule has 0 amide bonds. The van der Waals surface area contributed by atoms with E-state index in [4.69, 9.17) is 9.84 Å². The molecule has 2 rings (SSSR count). The van der Waals surface area contributed by atoms with Crippen molar-refractivity contribution in [3.8, 4) is 5.88 Å². The van der Waals surface area contributed by atoms with E-state index in [0.29, 0.717) is 22.5 Å². The molecule has 0 saturated carbocycles. The van der Waals surface area contributed by atoms with E-state index < -0.39 is 5.97 Å². The van der Waals surface area contributed by atoms with E-state index in [1.165, 1.54) is 13.3 Å². The number of hydrogen-bond donors (Lipinski definition) is 1. The zero-order valence-electron chi connectivity index (χ0n) is 8.67. The number of rotatable bonds is 3. The lowest BCUT2D eigenvalue weighted by Gasteiger charge is -2.04. The Kier molecular flexibility index (Phi) is 2.68. The van der Waals surface area contributed by atoms with Gasteiger partial charge >= 0.3 is 5.97 Å². The summed E-state index contributed by atoms with van der Waals surface area (Å²) in [6, 6.07) is 5.28. The highest BCUT2D eigenvalue weighted by atomic mass is 16.5. The fraction of sp³-hybridized carbons (Fsp3) is 0.182. The number of carbonyl (C=O) groups is 1. The first kappa shape index (κ1) is 10.4. The summed E-state index contributed by atoms with van der Waals surface area (Å²) in [5, 5.41) is 8.77. The number of aliphatic carboxylic acids is 1. The zero-order valence-corrected chi connectivity index (χ0v) is 8.67. The Labute approximate surface area is 91.7 Å². The first-order valence-electron chi connectivity index (χ1n) is 4.71. The molecule has 82 valence electrons. The molecule has 16 heavy (non-hydrogen) atoms. The fourth-order valence-electron chi connectivity index (χ4n) is 1.48. The standard InChI is InChI=1S/C11H10N2O3/c1-16-9-6-12-8-4-2-3-7(5-10(14)15)11(8)13-9/h2-4,6H,5H2,1H3,(H,14,15). The Morgan fingerprint density at radius 2 is 2.31 bits per heavy atom. The molecule has 0 spiro atoms. The molecule has 0 unspecified atom stereocenters. The summed E-state index contributed by atoms with van der Waals surface area (Å²) in [5.41, 5.74) is 1.88. The van der Waals surface area contributed by atoms with Crippen molar-refractivity contribution in [2.45, 2.75) is 6.42 Å². The number of carboxylic acid groups (broad SMARTS) is 1. The molecule has 0 saturated heterocycles. The first-order valence-corrected chi connectivity index (χ1v) is 4.71. The second-order valence-corrected chi connectivity index (χ2v) is 3.27. The van der Waals surface area contributed by atoms with Crippen molar-refractivity contribution in [3.05, 3.63) is 30.0 Å². The lowest BCUT2D eigenvalue weighted by molar-refractivity contribution is -0.136. The van der Waals surface area contributed by atoms with Gasteiger partial charge in [0.25, 0.3) is 0 Å². The highest BCUT2D eigenvalue weighted by molar-refractivity contribution is 5.83. The van der Waals surface area contributed by atoms with Gasteiger partial charge in [-0.25, -0.2) is 9.97 Å². The number of carboxylic acids is 1. The van der Waals surface area contributed by atoms with Crippen LogP contribution in [0.15, 0.2) is 24.4 Å². The molecule has 0 aliphatic heterocycles. The van der Waals surface area contributed by atoms with Crippen LogP contribution in [0.5, 0.6) is 5.88 Å². The smallest absolute Gasteiger partial charge is 0.307 e. The topological polar surface area (TPSA) is 72.3 Å². The average molecular weight is 218 g/mol. The van der Waals surface area contributed by atoms with Crippen LogP contribution in [-0.4, -0.2) is 28.2 Å². The van der Waals surface area contributed by atoms with Gasteiger partial charge < -0.3 is 9.84 Å². The third-order valence-corrected chi connectivity index (χ3v) is 2.19. The molecular weight excluding hydrogens is 208 g/mol. The van der Waals surface area contributed by atoms with E-state index in [2.05, 4.69) is 9.97 Å². The minimum absolute atomic E-state index is 0.0703. The first-order chi connectivity index (χ1) is 7.70. The van der Waals surface area contributed by atoms with Crippen molar-refractivity contribution in [3.63, 3.8) is 0 Å². The molecule has 2 aromatic rings. The maximum atomic E-state index is 10.7. The van der Waals surface area contributed by atoms with Crippen molar-refractivity contribution in [2.24, 2.45) is 0 Å². The SMILES string of the molecule is COc1cnc2cccc(CC(=O)O)c2n1. The van der Waals surface area contributed by atoms with E-state index in [1.54, 1.807) is 18.2 Å². The molecular formula is C11H10N2O3. The average Bonchev–Trinajstić information content (AvgIpc) is 2.28. The van der Waals surface area contributed by atoms with Gasteiger partial charge in [0, 0.05) is 0 Å². The monoisotopic (exact) mass is 218 g/mol. The third-order valence-electron chi connectivity index (χ3n) is 2.19. The number of nitrogens with zero attached hydrogens (tertiary/aromatic N) is 2. The minimum Gasteiger partial charge on any atom is -0.481 e. The van der Waals surface area contributed by atoms with Gasteiger partial charge in [-0.05, 0) is 11.6 Å². The second kappa shape index (κ2) is 4.14. The minimum atomic E-state index is -0.892. The predicted octanol–water partition coefficient (Wildman–Crippen LogP) is 1.27. The molecule has 0 aliphatic rings. The van der Waals surface area contributed by atoms with Gasteiger partial charge in [-0.2, -0.15) is 0 Å². The van der Waals surface area contributed by atoms with Gasteiger partial charge in [0.2, 0.25) is 5.88 Å². The molecule has 0 atom stereocenters. The summed E-state index contributed by atoms with van der Waals surface area (Å²) in [6.07, 6.45) is 1.44. The summed E-state index contributed by atoms with van der Waals surface area (Å²) in [5.74, 6) is -0.512. The summed E-state index contributed by atoms with van der Waals surface area (Å²) < 4.78 is 4.96. The van der Waals surface area contributed by atoms with E-state index >= 15 is 0 Å². The number of aromatic nitrogens is 2. The number of benzene rings is 1. The van der Waals surface area contributed by atoms with Crippen molar-refractivity contribution in [1.82, 2.24) is 9.97 Å². The van der Waals surface area contributed by atoms with Gasteiger partial charge in [0.05, 0.1) is 30.8 Å². The Balaban J connectivity index is 2.59. The van der Waals surface area contributed by atoms with E-state index in [0.717, 1.165) is 0 Å². The molecule has 0 bridgehead atoms.